The minimum atomic E-state index is -0.833. The molecule has 0 aliphatic carbocycles. The molecule has 0 aromatic rings. The Labute approximate surface area is 134 Å². The fraction of sp³-hybridized carbons (Fsp3) is 0.812. The van der Waals surface area contributed by atoms with Gasteiger partial charge in [0.15, 0.2) is 0 Å². The van der Waals surface area contributed by atoms with Crippen LogP contribution in [0.2, 0.25) is 0 Å². The molecule has 0 aromatic carbocycles. The third-order valence-corrected chi connectivity index (χ3v) is 2.53. The van der Waals surface area contributed by atoms with Crippen LogP contribution in [0.4, 0.5) is 0 Å². The lowest BCUT2D eigenvalue weighted by Crippen LogP contribution is -2.09. The molecular formula is C16H33NO5. The molecule has 0 aliphatic heterocycles. The quantitative estimate of drug-likeness (QED) is 0.532. The molecule has 0 rings (SSSR count). The second-order valence-electron chi connectivity index (χ2n) is 5.08. The van der Waals surface area contributed by atoms with Crippen LogP contribution in [0, 0.1) is 0 Å². The summed E-state index contributed by atoms with van der Waals surface area (Å²) in [4.78, 5) is 28.4. The van der Waals surface area contributed by atoms with Gasteiger partial charge in [-0.15, -0.1) is 0 Å². The summed E-state index contributed by atoms with van der Waals surface area (Å²) in [6.07, 6.45) is 12.1. The molecule has 4 N–H and O–H groups in total. The SMILES string of the molecule is CC(=O)O.CC(=O)O.CCCCCCCCCCCC(N)=O. The standard InChI is InChI=1S/C12H25NO.2C2H4O2/c1-2-3-4-5-6-7-8-9-10-11-12(13)14;2*1-2(3)4/h2-11H2,1H3,(H2,13,14);2*1H3,(H,3,4). The zero-order chi connectivity index (χ0) is 17.8. The number of rotatable bonds is 10. The average molecular weight is 319 g/mol. The maximum Gasteiger partial charge on any atom is 0.300 e. The fourth-order valence-electron chi connectivity index (χ4n) is 1.61. The Morgan fingerprint density at radius 1 is 0.727 bits per heavy atom. The maximum absolute atomic E-state index is 10.4. The number of carbonyl (C=O) groups is 3. The number of hydrogen-bond donors (Lipinski definition) is 3. The summed E-state index contributed by atoms with van der Waals surface area (Å²) in [6, 6.07) is 0. The van der Waals surface area contributed by atoms with Crippen LogP contribution in [0.5, 0.6) is 0 Å². The Morgan fingerprint density at radius 3 is 1.27 bits per heavy atom. The van der Waals surface area contributed by atoms with Crippen LogP contribution >= 0.6 is 0 Å². The Balaban J connectivity index is -0.000000372. The van der Waals surface area contributed by atoms with Gasteiger partial charge < -0.3 is 15.9 Å². The number of amides is 1. The molecule has 0 atom stereocenters. The van der Waals surface area contributed by atoms with Gasteiger partial charge in [-0.2, -0.15) is 0 Å². The van der Waals surface area contributed by atoms with Gasteiger partial charge >= 0.3 is 0 Å². The van der Waals surface area contributed by atoms with E-state index in [9.17, 15) is 4.79 Å². The topological polar surface area (TPSA) is 118 Å². The Hall–Kier alpha value is -1.59. The van der Waals surface area contributed by atoms with Gasteiger partial charge in [-0.05, 0) is 6.42 Å². The van der Waals surface area contributed by atoms with Gasteiger partial charge in [0.1, 0.15) is 0 Å². The van der Waals surface area contributed by atoms with Gasteiger partial charge in [-0.25, -0.2) is 0 Å². The first kappa shape index (κ1) is 25.4. The Kier molecular flexibility index (Phi) is 25.0. The van der Waals surface area contributed by atoms with Crippen molar-refractivity contribution in [3.63, 3.8) is 0 Å². The van der Waals surface area contributed by atoms with Crippen molar-refractivity contribution in [1.29, 1.82) is 0 Å². The molecule has 0 radical (unpaired) electrons. The fourth-order valence-corrected chi connectivity index (χ4v) is 1.61. The van der Waals surface area contributed by atoms with Crippen molar-refractivity contribution in [2.24, 2.45) is 5.73 Å². The first-order valence-electron chi connectivity index (χ1n) is 7.91. The minimum absolute atomic E-state index is 0.159. The molecule has 0 aromatic heterocycles. The van der Waals surface area contributed by atoms with E-state index in [1.54, 1.807) is 0 Å². The van der Waals surface area contributed by atoms with E-state index in [0.29, 0.717) is 6.42 Å². The van der Waals surface area contributed by atoms with Crippen LogP contribution in [0.25, 0.3) is 0 Å². The van der Waals surface area contributed by atoms with E-state index in [1.165, 1.54) is 44.9 Å². The highest BCUT2D eigenvalue weighted by molar-refractivity contribution is 5.73. The van der Waals surface area contributed by atoms with Crippen molar-refractivity contribution < 1.29 is 24.6 Å². The monoisotopic (exact) mass is 319 g/mol. The predicted molar refractivity (Wildman–Crippen MR) is 87.7 cm³/mol. The molecule has 0 aliphatic rings. The number of aliphatic carboxylic acids is 2. The molecule has 1 amide bonds. The second kappa shape index (κ2) is 21.7. The van der Waals surface area contributed by atoms with Crippen molar-refractivity contribution in [1.82, 2.24) is 0 Å². The van der Waals surface area contributed by atoms with Gasteiger partial charge in [0, 0.05) is 20.3 Å². The lowest BCUT2D eigenvalue weighted by Gasteiger charge is -2.00. The zero-order valence-corrected chi connectivity index (χ0v) is 14.3. The number of nitrogens with two attached hydrogens (primary N) is 1. The van der Waals surface area contributed by atoms with Crippen LogP contribution in [-0.4, -0.2) is 28.1 Å². The third-order valence-electron chi connectivity index (χ3n) is 2.53. The van der Waals surface area contributed by atoms with E-state index in [4.69, 9.17) is 25.5 Å². The molecule has 0 bridgehead atoms. The highest BCUT2D eigenvalue weighted by Crippen LogP contribution is 2.10. The molecule has 6 nitrogen and oxygen atoms in total. The second-order valence-corrected chi connectivity index (χ2v) is 5.08. The molecule has 0 spiro atoms. The summed E-state index contributed by atoms with van der Waals surface area (Å²) in [5.41, 5.74) is 5.05. The Morgan fingerprint density at radius 2 is 1.00 bits per heavy atom. The summed E-state index contributed by atoms with van der Waals surface area (Å²) in [5, 5.41) is 14.8. The lowest BCUT2D eigenvalue weighted by atomic mass is 10.1. The van der Waals surface area contributed by atoms with Crippen molar-refractivity contribution >= 4 is 17.8 Å². The van der Waals surface area contributed by atoms with E-state index in [1.807, 2.05) is 0 Å². The number of primary amides is 1. The zero-order valence-electron chi connectivity index (χ0n) is 14.3. The largest absolute Gasteiger partial charge is 0.481 e. The van der Waals surface area contributed by atoms with E-state index in [2.05, 4.69) is 6.92 Å². The van der Waals surface area contributed by atoms with Crippen molar-refractivity contribution in [2.75, 3.05) is 0 Å². The third kappa shape index (κ3) is 63.0. The van der Waals surface area contributed by atoms with Crippen molar-refractivity contribution in [3.8, 4) is 0 Å². The molecule has 0 unspecified atom stereocenters. The van der Waals surface area contributed by atoms with E-state index >= 15 is 0 Å². The van der Waals surface area contributed by atoms with Crippen LogP contribution in [0.1, 0.15) is 85.0 Å². The molecule has 22 heavy (non-hydrogen) atoms. The molecule has 0 saturated heterocycles. The minimum Gasteiger partial charge on any atom is -0.481 e. The number of hydrogen-bond acceptors (Lipinski definition) is 3. The van der Waals surface area contributed by atoms with Gasteiger partial charge in [0.25, 0.3) is 11.9 Å². The molecule has 0 heterocycles. The number of carbonyl (C=O) groups excluding carboxylic acids is 1. The molecule has 0 fully saturated rings. The normalized spacial score (nSPS) is 8.86. The van der Waals surface area contributed by atoms with Crippen LogP contribution in [0.3, 0.4) is 0 Å². The van der Waals surface area contributed by atoms with Gasteiger partial charge in [0.05, 0.1) is 0 Å². The predicted octanol–water partition coefficient (Wildman–Crippen LogP) is 3.57. The maximum atomic E-state index is 10.4. The van der Waals surface area contributed by atoms with E-state index in [0.717, 1.165) is 26.7 Å². The number of carboxylic acid groups (broad SMARTS) is 2. The smallest absolute Gasteiger partial charge is 0.300 e. The highest BCUT2D eigenvalue weighted by Gasteiger charge is 1.94. The summed E-state index contributed by atoms with van der Waals surface area (Å²) >= 11 is 0. The summed E-state index contributed by atoms with van der Waals surface area (Å²) in [5.74, 6) is -1.83. The van der Waals surface area contributed by atoms with Gasteiger partial charge in [0.2, 0.25) is 5.91 Å². The summed E-state index contributed by atoms with van der Waals surface area (Å²) in [6.45, 7) is 4.41. The lowest BCUT2D eigenvalue weighted by molar-refractivity contribution is -0.135. The Bertz CT molecular complexity index is 260. The van der Waals surface area contributed by atoms with E-state index in [-0.39, 0.29) is 5.91 Å². The molecular weight excluding hydrogens is 286 g/mol. The van der Waals surface area contributed by atoms with Gasteiger partial charge in [-0.3, -0.25) is 14.4 Å². The average Bonchev–Trinajstić information content (AvgIpc) is 2.35. The molecule has 132 valence electrons. The van der Waals surface area contributed by atoms with Gasteiger partial charge in [-0.1, -0.05) is 58.3 Å². The number of unbranched alkanes of at least 4 members (excludes halogenated alkanes) is 8. The molecule has 0 saturated carbocycles. The summed E-state index contributed by atoms with van der Waals surface area (Å²) < 4.78 is 0. The van der Waals surface area contributed by atoms with Crippen LogP contribution in [0.15, 0.2) is 0 Å². The number of carboxylic acids is 2. The molecule has 6 heteroatoms. The first-order valence-corrected chi connectivity index (χ1v) is 7.91. The van der Waals surface area contributed by atoms with Crippen LogP contribution in [-0.2, 0) is 14.4 Å². The summed E-state index contributed by atoms with van der Waals surface area (Å²) in [7, 11) is 0. The van der Waals surface area contributed by atoms with Crippen molar-refractivity contribution in [3.05, 3.63) is 0 Å². The highest BCUT2D eigenvalue weighted by atomic mass is 16.4. The van der Waals surface area contributed by atoms with E-state index < -0.39 is 11.9 Å². The first-order chi connectivity index (χ1) is 10.2. The van der Waals surface area contributed by atoms with Crippen molar-refractivity contribution in [2.45, 2.75) is 85.0 Å². The van der Waals surface area contributed by atoms with Crippen LogP contribution < -0.4 is 5.73 Å².